The minimum absolute atomic E-state index is 0.00484. The van der Waals surface area contributed by atoms with E-state index in [0.29, 0.717) is 19.3 Å². The SMILES string of the molecule is CCCCCOC(=O)C(CCC(=O)OCCCCO[N+](=O)[O-])NC(=O)OC(C)(C)C. The van der Waals surface area contributed by atoms with Crippen LogP contribution in [0.25, 0.3) is 0 Å². The lowest BCUT2D eigenvalue weighted by Gasteiger charge is -2.23. The van der Waals surface area contributed by atoms with E-state index in [-0.39, 0.29) is 32.7 Å². The van der Waals surface area contributed by atoms with Crippen LogP contribution in [0.15, 0.2) is 0 Å². The lowest BCUT2D eigenvalue weighted by molar-refractivity contribution is -0.757. The number of nitrogens with zero attached hydrogens (tertiary/aromatic N) is 1. The van der Waals surface area contributed by atoms with E-state index in [2.05, 4.69) is 10.2 Å². The molecule has 0 aliphatic carbocycles. The van der Waals surface area contributed by atoms with Crippen molar-refractivity contribution in [1.82, 2.24) is 5.32 Å². The van der Waals surface area contributed by atoms with Crippen molar-refractivity contribution in [2.45, 2.75) is 84.3 Å². The number of amides is 1. The van der Waals surface area contributed by atoms with Gasteiger partial charge < -0.3 is 24.4 Å². The van der Waals surface area contributed by atoms with E-state index in [1.807, 2.05) is 6.92 Å². The molecule has 0 aliphatic rings. The molecule has 0 fully saturated rings. The first-order valence-electron chi connectivity index (χ1n) is 10.1. The van der Waals surface area contributed by atoms with Crippen LogP contribution in [-0.2, 0) is 28.6 Å². The summed E-state index contributed by atoms with van der Waals surface area (Å²) in [4.78, 5) is 50.3. The predicted molar refractivity (Wildman–Crippen MR) is 106 cm³/mol. The fourth-order valence-corrected chi connectivity index (χ4v) is 2.19. The molecule has 1 unspecified atom stereocenters. The number of carbonyl (C=O) groups excluding carboxylic acids is 3. The number of rotatable bonds is 15. The Labute approximate surface area is 176 Å². The van der Waals surface area contributed by atoms with Crippen LogP contribution in [0, 0.1) is 10.1 Å². The molecule has 0 saturated carbocycles. The topological polar surface area (TPSA) is 143 Å². The van der Waals surface area contributed by atoms with Crippen molar-refractivity contribution in [3.05, 3.63) is 10.1 Å². The van der Waals surface area contributed by atoms with Crippen LogP contribution in [0.4, 0.5) is 4.79 Å². The van der Waals surface area contributed by atoms with Crippen LogP contribution < -0.4 is 5.32 Å². The second kappa shape index (κ2) is 15.3. The first-order valence-corrected chi connectivity index (χ1v) is 10.1. The number of esters is 2. The van der Waals surface area contributed by atoms with Gasteiger partial charge >= 0.3 is 18.0 Å². The van der Waals surface area contributed by atoms with Gasteiger partial charge in [-0.1, -0.05) is 19.8 Å². The highest BCUT2D eigenvalue weighted by Crippen LogP contribution is 2.09. The van der Waals surface area contributed by atoms with Gasteiger partial charge in [-0.3, -0.25) is 4.79 Å². The maximum atomic E-state index is 12.3. The van der Waals surface area contributed by atoms with Crippen molar-refractivity contribution >= 4 is 18.0 Å². The Morgan fingerprint density at radius 1 is 1.00 bits per heavy atom. The van der Waals surface area contributed by atoms with Gasteiger partial charge in [0.2, 0.25) is 0 Å². The molecule has 1 amide bonds. The third-order valence-electron chi connectivity index (χ3n) is 3.60. The molecule has 174 valence electrons. The van der Waals surface area contributed by atoms with Crippen LogP contribution in [-0.4, -0.2) is 54.6 Å². The van der Waals surface area contributed by atoms with Crippen molar-refractivity contribution in [3.8, 4) is 0 Å². The normalized spacial score (nSPS) is 11.9. The molecule has 0 aromatic heterocycles. The molecule has 0 saturated heterocycles. The molecule has 0 radical (unpaired) electrons. The molecule has 11 nitrogen and oxygen atoms in total. The number of hydrogen-bond donors (Lipinski definition) is 1. The molecule has 1 atom stereocenters. The maximum Gasteiger partial charge on any atom is 0.408 e. The quantitative estimate of drug-likeness (QED) is 0.135. The number of alkyl carbamates (subject to hydrolysis) is 1. The zero-order valence-corrected chi connectivity index (χ0v) is 18.3. The Hall–Kier alpha value is -2.59. The van der Waals surface area contributed by atoms with E-state index in [1.165, 1.54) is 0 Å². The lowest BCUT2D eigenvalue weighted by atomic mass is 10.1. The molecule has 0 aromatic carbocycles. The van der Waals surface area contributed by atoms with Gasteiger partial charge in [-0.25, -0.2) is 9.59 Å². The van der Waals surface area contributed by atoms with Gasteiger partial charge in [0.05, 0.1) is 19.8 Å². The highest BCUT2D eigenvalue weighted by Gasteiger charge is 2.26. The second-order valence-corrected chi connectivity index (χ2v) is 7.60. The number of unbranched alkanes of at least 4 members (excludes halogenated alkanes) is 3. The standard InChI is InChI=1S/C19H34N2O9/c1-5-6-7-13-28-17(23)15(20-18(24)30-19(2,3)4)10-11-16(22)27-12-8-9-14-29-21(25)26/h15H,5-14H2,1-4H3,(H,20,24). The highest BCUT2D eigenvalue weighted by molar-refractivity contribution is 5.82. The third kappa shape index (κ3) is 16.4. The fourth-order valence-electron chi connectivity index (χ4n) is 2.19. The Kier molecular flexibility index (Phi) is 14.0. The Morgan fingerprint density at radius 2 is 1.60 bits per heavy atom. The van der Waals surface area contributed by atoms with E-state index >= 15 is 0 Å². The molecule has 0 spiro atoms. The molecular formula is C19H34N2O9. The Morgan fingerprint density at radius 3 is 2.20 bits per heavy atom. The summed E-state index contributed by atoms with van der Waals surface area (Å²) in [5, 5.41) is 11.6. The molecule has 0 bridgehead atoms. The van der Waals surface area contributed by atoms with Crippen molar-refractivity contribution in [2.24, 2.45) is 0 Å². The summed E-state index contributed by atoms with van der Waals surface area (Å²) >= 11 is 0. The molecule has 11 heteroatoms. The first-order chi connectivity index (χ1) is 14.0. The average molecular weight is 434 g/mol. The van der Waals surface area contributed by atoms with E-state index in [9.17, 15) is 24.5 Å². The van der Waals surface area contributed by atoms with E-state index in [1.54, 1.807) is 20.8 Å². The zero-order valence-electron chi connectivity index (χ0n) is 18.3. The molecule has 0 heterocycles. The zero-order chi connectivity index (χ0) is 23.0. The summed E-state index contributed by atoms with van der Waals surface area (Å²) in [6.07, 6.45) is 2.46. The van der Waals surface area contributed by atoms with Gasteiger partial charge in [0.1, 0.15) is 11.6 Å². The predicted octanol–water partition coefficient (Wildman–Crippen LogP) is 2.93. The fraction of sp³-hybridized carbons (Fsp3) is 0.842. The largest absolute Gasteiger partial charge is 0.466 e. The minimum atomic E-state index is -1.04. The van der Waals surface area contributed by atoms with Gasteiger partial charge in [-0.2, -0.15) is 0 Å². The summed E-state index contributed by atoms with van der Waals surface area (Å²) in [6.45, 7) is 7.34. The van der Waals surface area contributed by atoms with Crippen LogP contribution in [0.5, 0.6) is 0 Å². The number of ether oxygens (including phenoxy) is 3. The molecular weight excluding hydrogens is 400 g/mol. The van der Waals surface area contributed by atoms with Crippen molar-refractivity contribution in [3.63, 3.8) is 0 Å². The number of carbonyl (C=O) groups is 3. The van der Waals surface area contributed by atoms with Crippen molar-refractivity contribution in [1.29, 1.82) is 0 Å². The van der Waals surface area contributed by atoms with Crippen LogP contribution >= 0.6 is 0 Å². The Balaban J connectivity index is 4.46. The van der Waals surface area contributed by atoms with Gasteiger partial charge in [-0.05, 0) is 46.5 Å². The van der Waals surface area contributed by atoms with Gasteiger partial charge in [0.15, 0.2) is 0 Å². The summed E-state index contributed by atoms with van der Waals surface area (Å²) in [5.74, 6) is -1.19. The van der Waals surface area contributed by atoms with E-state index in [4.69, 9.17) is 14.2 Å². The molecule has 0 aliphatic heterocycles. The summed E-state index contributed by atoms with van der Waals surface area (Å²) in [6, 6.07) is -1.04. The van der Waals surface area contributed by atoms with E-state index in [0.717, 1.165) is 12.8 Å². The van der Waals surface area contributed by atoms with Crippen LogP contribution in [0.2, 0.25) is 0 Å². The van der Waals surface area contributed by atoms with E-state index < -0.39 is 34.8 Å². The molecule has 1 N–H and O–H groups in total. The molecule has 30 heavy (non-hydrogen) atoms. The third-order valence-corrected chi connectivity index (χ3v) is 3.60. The average Bonchev–Trinajstić information content (AvgIpc) is 2.63. The van der Waals surface area contributed by atoms with Crippen LogP contribution in [0.1, 0.15) is 72.6 Å². The van der Waals surface area contributed by atoms with Gasteiger partial charge in [-0.15, -0.1) is 10.1 Å². The van der Waals surface area contributed by atoms with Crippen molar-refractivity contribution < 1.29 is 38.5 Å². The summed E-state index contributed by atoms with van der Waals surface area (Å²) < 4.78 is 15.4. The summed E-state index contributed by atoms with van der Waals surface area (Å²) in [7, 11) is 0. The smallest absolute Gasteiger partial charge is 0.408 e. The summed E-state index contributed by atoms with van der Waals surface area (Å²) in [5.41, 5.74) is -0.739. The minimum Gasteiger partial charge on any atom is -0.466 e. The lowest BCUT2D eigenvalue weighted by Crippen LogP contribution is -2.44. The molecule has 0 aromatic rings. The number of nitrogens with one attached hydrogen (secondary N) is 1. The monoisotopic (exact) mass is 434 g/mol. The van der Waals surface area contributed by atoms with Gasteiger partial charge in [0, 0.05) is 6.42 Å². The first kappa shape index (κ1) is 27.4. The molecule has 0 rings (SSSR count). The Bertz CT molecular complexity index is 547. The van der Waals surface area contributed by atoms with Crippen LogP contribution in [0.3, 0.4) is 0 Å². The maximum absolute atomic E-state index is 12.3. The second-order valence-electron chi connectivity index (χ2n) is 7.60. The highest BCUT2D eigenvalue weighted by atomic mass is 16.9. The number of hydrogen-bond acceptors (Lipinski definition) is 9. The van der Waals surface area contributed by atoms with Crippen molar-refractivity contribution in [2.75, 3.05) is 19.8 Å². The van der Waals surface area contributed by atoms with Gasteiger partial charge in [0.25, 0.3) is 5.09 Å².